The van der Waals surface area contributed by atoms with Crippen LogP contribution >= 0.6 is 24.0 Å². The third-order valence-corrected chi connectivity index (χ3v) is 4.57. The van der Waals surface area contributed by atoms with E-state index in [0.717, 1.165) is 12.1 Å². The Morgan fingerprint density at radius 2 is 1.90 bits per heavy atom. The van der Waals surface area contributed by atoms with Gasteiger partial charge in [-0.15, -0.1) is 24.0 Å². The molecule has 31 heavy (non-hydrogen) atoms. The van der Waals surface area contributed by atoms with Gasteiger partial charge in [0.2, 0.25) is 5.91 Å². The number of rotatable bonds is 3. The number of halogens is 4. The molecular weight excluding hydrogens is 530 g/mol. The monoisotopic (exact) mass is 555 g/mol. The highest BCUT2D eigenvalue weighted by atomic mass is 127. The van der Waals surface area contributed by atoms with E-state index in [1.54, 1.807) is 25.7 Å². The summed E-state index contributed by atoms with van der Waals surface area (Å²) in [5, 5.41) is 5.06. The second kappa shape index (κ2) is 9.92. The van der Waals surface area contributed by atoms with Gasteiger partial charge >= 0.3 is 6.09 Å². The number of ether oxygens (including phenoxy) is 1. The number of carbonyl (C=O) groups is 2. The fourth-order valence-electron chi connectivity index (χ4n) is 3.20. The van der Waals surface area contributed by atoms with E-state index in [9.17, 15) is 22.8 Å². The Labute approximate surface area is 195 Å². The molecule has 0 radical (unpaired) electrons. The smallest absolute Gasteiger partial charge is 0.410 e. The van der Waals surface area contributed by atoms with Gasteiger partial charge in [0.15, 0.2) is 23.4 Å². The molecule has 1 saturated heterocycles. The molecule has 2 aliphatic heterocycles. The molecule has 2 heterocycles. The number of benzene rings is 1. The van der Waals surface area contributed by atoms with Crippen molar-refractivity contribution in [3.8, 4) is 0 Å². The number of guanidine groups is 1. The zero-order valence-corrected chi connectivity index (χ0v) is 19.7. The Morgan fingerprint density at radius 3 is 2.58 bits per heavy atom. The topological polar surface area (TPSA) is 86.3 Å². The van der Waals surface area contributed by atoms with Gasteiger partial charge in [0.1, 0.15) is 5.60 Å². The first-order valence-electron chi connectivity index (χ1n) is 9.51. The molecule has 2 amide bonds. The van der Waals surface area contributed by atoms with Crippen LogP contribution in [0.4, 0.5) is 23.7 Å². The van der Waals surface area contributed by atoms with E-state index in [-0.39, 0.29) is 42.7 Å². The molecule has 1 unspecified atom stereocenters. The highest BCUT2D eigenvalue weighted by Crippen LogP contribution is 2.20. The van der Waals surface area contributed by atoms with E-state index in [1.165, 1.54) is 0 Å². The molecule has 0 aromatic heterocycles. The van der Waals surface area contributed by atoms with Crippen molar-refractivity contribution in [2.75, 3.05) is 38.0 Å². The van der Waals surface area contributed by atoms with E-state index in [2.05, 4.69) is 15.6 Å². The molecule has 1 fully saturated rings. The number of amides is 2. The Bertz CT molecular complexity index is 878. The van der Waals surface area contributed by atoms with Crippen LogP contribution in [0.25, 0.3) is 0 Å². The van der Waals surface area contributed by atoms with Gasteiger partial charge < -0.3 is 25.2 Å². The maximum Gasteiger partial charge on any atom is 0.410 e. The predicted molar refractivity (Wildman–Crippen MR) is 119 cm³/mol. The summed E-state index contributed by atoms with van der Waals surface area (Å²) in [6.45, 7) is 7.01. The molecule has 8 nitrogen and oxygen atoms in total. The van der Waals surface area contributed by atoms with E-state index >= 15 is 0 Å². The number of nitrogens with zero attached hydrogens (tertiary/aromatic N) is 3. The molecule has 0 bridgehead atoms. The molecule has 2 N–H and O–H groups in total. The van der Waals surface area contributed by atoms with Crippen LogP contribution in [-0.2, 0) is 9.53 Å². The average molecular weight is 555 g/mol. The van der Waals surface area contributed by atoms with E-state index in [0.29, 0.717) is 32.1 Å². The maximum atomic E-state index is 13.7. The minimum absolute atomic E-state index is 0. The minimum atomic E-state index is -1.65. The van der Waals surface area contributed by atoms with Crippen molar-refractivity contribution in [3.05, 3.63) is 29.6 Å². The Balaban J connectivity index is 0.00000341. The summed E-state index contributed by atoms with van der Waals surface area (Å²) in [6, 6.07) is 1.64. The van der Waals surface area contributed by atoms with Gasteiger partial charge in [-0.05, 0) is 32.9 Å². The zero-order valence-electron chi connectivity index (χ0n) is 17.4. The molecule has 2 aliphatic rings. The van der Waals surface area contributed by atoms with Crippen molar-refractivity contribution >= 4 is 47.6 Å². The largest absolute Gasteiger partial charge is 0.444 e. The van der Waals surface area contributed by atoms with Gasteiger partial charge in [0, 0.05) is 19.6 Å². The third kappa shape index (κ3) is 6.14. The average Bonchev–Trinajstić information content (AvgIpc) is 3.08. The normalized spacial score (nSPS) is 18.0. The van der Waals surface area contributed by atoms with Crippen molar-refractivity contribution in [1.82, 2.24) is 15.1 Å². The van der Waals surface area contributed by atoms with Gasteiger partial charge in [-0.1, -0.05) is 0 Å². The zero-order chi connectivity index (χ0) is 22.1. The Hall–Kier alpha value is -2.25. The van der Waals surface area contributed by atoms with Gasteiger partial charge in [-0.3, -0.25) is 9.79 Å². The van der Waals surface area contributed by atoms with Crippen LogP contribution < -0.4 is 10.6 Å². The quantitative estimate of drug-likeness (QED) is 0.443. The van der Waals surface area contributed by atoms with Crippen LogP contribution in [-0.4, -0.2) is 72.1 Å². The van der Waals surface area contributed by atoms with Crippen LogP contribution in [0.5, 0.6) is 0 Å². The Kier molecular flexibility index (Phi) is 8.00. The number of anilines is 1. The summed E-state index contributed by atoms with van der Waals surface area (Å²) in [5.41, 5.74) is -1.02. The molecule has 0 spiro atoms. The second-order valence-corrected chi connectivity index (χ2v) is 8.06. The lowest BCUT2D eigenvalue weighted by Crippen LogP contribution is -2.58. The minimum Gasteiger partial charge on any atom is -0.444 e. The van der Waals surface area contributed by atoms with Crippen molar-refractivity contribution in [2.24, 2.45) is 4.99 Å². The molecule has 12 heteroatoms. The van der Waals surface area contributed by atoms with Crippen LogP contribution in [0.2, 0.25) is 0 Å². The number of aliphatic imine (C=N–C) groups is 1. The number of piperazine rings is 1. The van der Waals surface area contributed by atoms with Crippen molar-refractivity contribution < 1.29 is 27.5 Å². The van der Waals surface area contributed by atoms with Crippen LogP contribution in [0, 0.1) is 17.5 Å². The molecular formula is C19H25F3IN5O3. The molecule has 1 aromatic carbocycles. The highest BCUT2D eigenvalue weighted by molar-refractivity contribution is 14.0. The fraction of sp³-hybridized carbons (Fsp3) is 0.526. The summed E-state index contributed by atoms with van der Waals surface area (Å²) < 4.78 is 45.3. The lowest BCUT2D eigenvalue weighted by molar-refractivity contribution is -0.115. The van der Waals surface area contributed by atoms with E-state index in [4.69, 9.17) is 4.74 Å². The van der Waals surface area contributed by atoms with Gasteiger partial charge in [0.05, 0.1) is 24.8 Å². The summed E-state index contributed by atoms with van der Waals surface area (Å²) in [5.74, 6) is -4.59. The summed E-state index contributed by atoms with van der Waals surface area (Å²) >= 11 is 0. The van der Waals surface area contributed by atoms with Gasteiger partial charge in [-0.25, -0.2) is 18.0 Å². The van der Waals surface area contributed by atoms with Crippen molar-refractivity contribution in [3.63, 3.8) is 0 Å². The first-order valence-corrected chi connectivity index (χ1v) is 9.51. The summed E-state index contributed by atoms with van der Waals surface area (Å²) in [6.07, 6.45) is -0.378. The number of carbonyl (C=O) groups excluding carboxylic acids is 2. The lowest BCUT2D eigenvalue weighted by Gasteiger charge is -2.39. The Morgan fingerprint density at radius 1 is 1.19 bits per heavy atom. The first-order chi connectivity index (χ1) is 14.0. The summed E-state index contributed by atoms with van der Waals surface area (Å²) in [4.78, 5) is 32.2. The first kappa shape index (κ1) is 25.0. The summed E-state index contributed by atoms with van der Waals surface area (Å²) in [7, 11) is 0. The third-order valence-electron chi connectivity index (χ3n) is 4.57. The number of nitrogens with one attached hydrogen (secondary N) is 2. The van der Waals surface area contributed by atoms with Crippen LogP contribution in [0.3, 0.4) is 0 Å². The van der Waals surface area contributed by atoms with E-state index in [1.807, 2.05) is 4.90 Å². The van der Waals surface area contributed by atoms with Crippen LogP contribution in [0.15, 0.2) is 17.1 Å². The predicted octanol–water partition coefficient (Wildman–Crippen LogP) is 2.54. The van der Waals surface area contributed by atoms with Gasteiger partial charge in [0.25, 0.3) is 0 Å². The number of hydrogen-bond donors (Lipinski definition) is 2. The van der Waals surface area contributed by atoms with Crippen molar-refractivity contribution in [2.45, 2.75) is 32.4 Å². The second-order valence-electron chi connectivity index (χ2n) is 8.06. The SMILES string of the molecule is CC(C)(C)OC(=O)N1CCN2C(NCC(=O)Nc3ccc(F)c(F)c3F)=NCC2C1.I. The number of fused-ring (bicyclic) bond motifs is 1. The standard InChI is InChI=1S/C19H24F3N5O3.HI/c1-19(2,3)30-18(29)26-6-7-27-11(10-26)8-23-17(27)24-9-14(28)25-13-5-4-12(20)15(21)16(13)22;/h4-5,11H,6-10H2,1-3H3,(H,23,24)(H,25,28);1H. The highest BCUT2D eigenvalue weighted by Gasteiger charge is 2.36. The van der Waals surface area contributed by atoms with Crippen LogP contribution in [0.1, 0.15) is 20.8 Å². The maximum absolute atomic E-state index is 13.7. The molecule has 1 atom stereocenters. The fourth-order valence-corrected chi connectivity index (χ4v) is 3.20. The molecule has 1 aromatic rings. The molecule has 0 saturated carbocycles. The number of hydrogen-bond acceptors (Lipinski definition) is 6. The molecule has 3 rings (SSSR count). The molecule has 172 valence electrons. The van der Waals surface area contributed by atoms with E-state index < -0.39 is 34.6 Å². The molecule has 0 aliphatic carbocycles. The van der Waals surface area contributed by atoms with Gasteiger partial charge in [-0.2, -0.15) is 0 Å². The lowest BCUT2D eigenvalue weighted by atomic mass is 10.2. The van der Waals surface area contributed by atoms with Crippen molar-refractivity contribution in [1.29, 1.82) is 0 Å².